The molecule has 4 aliphatic heterocycles. The number of amides is 1. The molecule has 0 saturated carbocycles. The number of ether oxygens (including phenoxy) is 5. The molecule has 1 N–H and O–H groups in total. The van der Waals surface area contributed by atoms with E-state index in [-0.39, 0.29) is 36.8 Å². The second kappa shape index (κ2) is 13.4. The summed E-state index contributed by atoms with van der Waals surface area (Å²) in [5.41, 5.74) is -4.83. The Hall–Kier alpha value is -2.19. The van der Waals surface area contributed by atoms with Gasteiger partial charge in [0, 0.05) is 37.2 Å². The maximum atomic E-state index is 16.6. The zero-order chi connectivity index (χ0) is 34.5. The number of esters is 1. The first-order valence-corrected chi connectivity index (χ1v) is 16.5. The number of likely N-dealkylation sites (N-methyl/N-ethyl adjacent to an activating group) is 1. The van der Waals surface area contributed by atoms with Crippen LogP contribution >= 0.6 is 0 Å². The van der Waals surface area contributed by atoms with Crippen molar-refractivity contribution in [2.24, 2.45) is 22.7 Å². The van der Waals surface area contributed by atoms with Gasteiger partial charge in [-0.1, -0.05) is 27.7 Å². The minimum atomic E-state index is -3.08. The van der Waals surface area contributed by atoms with Crippen LogP contribution in [0.1, 0.15) is 74.7 Å². The Labute approximate surface area is 272 Å². The number of hydrogen-bond acceptors (Lipinski definition) is 11. The molecule has 1 unspecified atom stereocenters. The van der Waals surface area contributed by atoms with Crippen LogP contribution in [0.2, 0.25) is 0 Å². The van der Waals surface area contributed by atoms with Gasteiger partial charge in [-0.25, -0.2) is 14.0 Å². The average Bonchev–Trinajstić information content (AvgIpc) is 3.11. The lowest BCUT2D eigenvalue weighted by molar-refractivity contribution is -0.295. The Morgan fingerprint density at radius 3 is 2.35 bits per heavy atom. The topological polar surface area (TPSA) is 136 Å². The summed E-state index contributed by atoms with van der Waals surface area (Å²) in [6.45, 7) is 14.1. The number of carbonyl (C=O) groups excluding carboxylic acids is 3. The van der Waals surface area contributed by atoms with E-state index in [0.717, 1.165) is 12.6 Å². The summed E-state index contributed by atoms with van der Waals surface area (Å²) in [6.07, 6.45) is -4.22. The maximum absolute atomic E-state index is 16.6. The normalized spacial score (nSPS) is 45.9. The molecule has 2 bridgehead atoms. The number of cyclic esters (lactones) is 1. The minimum absolute atomic E-state index is 0.212. The number of carbonyl (C=O) groups is 3. The van der Waals surface area contributed by atoms with Crippen molar-refractivity contribution in [1.29, 1.82) is 0 Å². The molecule has 1 amide bonds. The van der Waals surface area contributed by atoms with Crippen LogP contribution in [-0.4, -0.2) is 132 Å². The molecule has 4 aliphatic rings. The maximum Gasteiger partial charge on any atom is 0.410 e. The lowest BCUT2D eigenvalue weighted by atomic mass is 9.73. The zero-order valence-electron chi connectivity index (χ0n) is 29.2. The van der Waals surface area contributed by atoms with Crippen LogP contribution in [0.4, 0.5) is 9.18 Å². The zero-order valence-corrected chi connectivity index (χ0v) is 29.2. The summed E-state index contributed by atoms with van der Waals surface area (Å²) in [4.78, 5) is 49.3. The van der Waals surface area contributed by atoms with Gasteiger partial charge in [0.05, 0.1) is 30.4 Å². The summed E-state index contributed by atoms with van der Waals surface area (Å²) >= 11 is 0. The largest absolute Gasteiger partial charge is 0.455 e. The van der Waals surface area contributed by atoms with Crippen LogP contribution in [0.5, 0.6) is 0 Å². The van der Waals surface area contributed by atoms with Crippen LogP contribution in [-0.2, 0) is 33.3 Å². The van der Waals surface area contributed by atoms with Gasteiger partial charge in [0.2, 0.25) is 0 Å². The standard InChI is InChI=1S/C33H54FN3O9/c1-12-22-33(8)25-19(4)23(35-13-14-37(25)30(41)46-33)17(2)16-31(6,42-11)27(20(5)26(39)32(7,34)29(40)44-22)45-28-24(38)21(36(9)10)15-18(3)43-28/h17-22,24-25,27-28,38H,12-16H2,1-11H3/t17-,18-,19+,20+,21+,22-,24-,25+,27+,28+,31-,32?,33-/m1/s1. The SMILES string of the molecule is CC[C@H]1OC(=O)C(C)(F)C(=O)[C@H](C)[C@H](O[C@@H]2O[C@H](C)C[C@H](N(C)C)[C@H]2O)[C@](C)(OC)C[C@@H](C)C2=NCCN3C(=O)O[C@@]1(C)[C@@H]3[C@H]2C. The average molecular weight is 656 g/mol. The highest BCUT2D eigenvalue weighted by atomic mass is 19.1. The van der Waals surface area contributed by atoms with Gasteiger partial charge in [-0.05, 0) is 67.0 Å². The van der Waals surface area contributed by atoms with Gasteiger partial charge in [0.25, 0.3) is 5.67 Å². The van der Waals surface area contributed by atoms with Crippen LogP contribution in [0, 0.1) is 17.8 Å². The lowest BCUT2D eigenvalue weighted by Gasteiger charge is -2.47. The van der Waals surface area contributed by atoms with Gasteiger partial charge in [-0.2, -0.15) is 0 Å². The molecule has 12 nitrogen and oxygen atoms in total. The highest BCUT2D eigenvalue weighted by molar-refractivity contribution is 6.08. The van der Waals surface area contributed by atoms with E-state index in [1.807, 2.05) is 39.8 Å². The predicted octanol–water partition coefficient (Wildman–Crippen LogP) is 3.17. The number of hydrogen-bond donors (Lipinski definition) is 1. The number of aliphatic imine (C=N–C) groups is 1. The molecular weight excluding hydrogens is 601 g/mol. The Balaban J connectivity index is 1.84. The molecular formula is C33H54FN3O9. The Bertz CT molecular complexity index is 1200. The fraction of sp³-hybridized carbons (Fsp3) is 0.879. The number of methoxy groups -OCH3 is 1. The smallest absolute Gasteiger partial charge is 0.410 e. The first kappa shape index (κ1) is 36.6. The van der Waals surface area contributed by atoms with Crippen molar-refractivity contribution in [2.45, 2.75) is 134 Å². The number of aliphatic hydroxyl groups excluding tert-OH is 1. The summed E-state index contributed by atoms with van der Waals surface area (Å²) in [6, 6.07) is -0.867. The molecule has 0 aromatic rings. The summed E-state index contributed by atoms with van der Waals surface area (Å²) < 4.78 is 47.0. The summed E-state index contributed by atoms with van der Waals surface area (Å²) in [7, 11) is 5.19. The number of nitrogens with zero attached hydrogens (tertiary/aromatic N) is 3. The van der Waals surface area contributed by atoms with E-state index >= 15 is 4.39 Å². The molecule has 4 rings (SSSR count). The fourth-order valence-electron chi connectivity index (χ4n) is 8.31. The quantitative estimate of drug-likeness (QED) is 0.348. The molecule has 13 atom stereocenters. The fourth-order valence-corrected chi connectivity index (χ4v) is 8.31. The van der Waals surface area contributed by atoms with E-state index in [1.54, 1.807) is 25.7 Å². The lowest BCUT2D eigenvalue weighted by Crippen LogP contribution is -2.61. The van der Waals surface area contributed by atoms with Crippen molar-refractivity contribution in [3.8, 4) is 0 Å². The molecule has 0 radical (unpaired) electrons. The van der Waals surface area contributed by atoms with E-state index < -0.39 is 71.3 Å². The Morgan fingerprint density at radius 2 is 1.76 bits per heavy atom. The van der Waals surface area contributed by atoms with Gasteiger partial charge in [-0.15, -0.1) is 0 Å². The Morgan fingerprint density at radius 1 is 1.11 bits per heavy atom. The van der Waals surface area contributed by atoms with Crippen molar-refractivity contribution in [3.63, 3.8) is 0 Å². The molecule has 46 heavy (non-hydrogen) atoms. The highest BCUT2D eigenvalue weighted by Gasteiger charge is 2.61. The molecule has 0 spiro atoms. The molecule has 3 fully saturated rings. The molecule has 4 heterocycles. The van der Waals surface area contributed by atoms with E-state index in [4.69, 9.17) is 28.7 Å². The van der Waals surface area contributed by atoms with Crippen LogP contribution in [0.3, 0.4) is 0 Å². The van der Waals surface area contributed by atoms with Crippen LogP contribution < -0.4 is 0 Å². The summed E-state index contributed by atoms with van der Waals surface area (Å²) in [5, 5.41) is 11.3. The van der Waals surface area contributed by atoms with Crippen molar-refractivity contribution < 1.29 is 47.6 Å². The van der Waals surface area contributed by atoms with Gasteiger partial charge in [-0.3, -0.25) is 14.7 Å². The molecule has 0 aromatic heterocycles. The van der Waals surface area contributed by atoms with Gasteiger partial charge >= 0.3 is 12.1 Å². The summed E-state index contributed by atoms with van der Waals surface area (Å²) in [5.74, 6) is -4.26. The number of alkyl halides is 1. The highest BCUT2D eigenvalue weighted by Crippen LogP contribution is 2.44. The van der Waals surface area contributed by atoms with Crippen molar-refractivity contribution in [1.82, 2.24) is 9.80 Å². The van der Waals surface area contributed by atoms with E-state index in [9.17, 15) is 19.5 Å². The number of ketones is 1. The monoisotopic (exact) mass is 655 g/mol. The van der Waals surface area contributed by atoms with Gasteiger partial charge in [0.15, 0.2) is 17.7 Å². The number of aliphatic hydroxyl groups is 1. The first-order valence-electron chi connectivity index (χ1n) is 16.5. The number of Topliss-reactive ketones (excluding diaryl/α,β-unsaturated/α-hetero) is 1. The number of rotatable bonds is 5. The van der Waals surface area contributed by atoms with Crippen molar-refractivity contribution in [2.75, 3.05) is 34.3 Å². The minimum Gasteiger partial charge on any atom is -0.455 e. The van der Waals surface area contributed by atoms with Crippen molar-refractivity contribution in [3.05, 3.63) is 0 Å². The molecule has 3 saturated heterocycles. The number of halogens is 1. The second-order valence-electron chi connectivity index (χ2n) is 14.5. The third-order valence-electron chi connectivity index (χ3n) is 10.9. The van der Waals surface area contributed by atoms with Crippen molar-refractivity contribution >= 4 is 23.6 Å². The molecule has 0 aliphatic carbocycles. The molecule has 0 aromatic carbocycles. The van der Waals surface area contributed by atoms with E-state index in [1.165, 1.54) is 14.0 Å². The van der Waals surface area contributed by atoms with Crippen LogP contribution in [0.25, 0.3) is 0 Å². The van der Waals surface area contributed by atoms with E-state index in [0.29, 0.717) is 19.5 Å². The molecule has 13 heteroatoms. The second-order valence-corrected chi connectivity index (χ2v) is 14.5. The third kappa shape index (κ3) is 6.34. The van der Waals surface area contributed by atoms with Gasteiger partial charge < -0.3 is 33.7 Å². The van der Waals surface area contributed by atoms with E-state index in [2.05, 4.69) is 0 Å². The molecule has 262 valence electrons. The Kier molecular flexibility index (Phi) is 10.7. The third-order valence-corrected chi connectivity index (χ3v) is 10.9. The number of fused-ring (bicyclic) bond motifs is 1. The van der Waals surface area contributed by atoms with Gasteiger partial charge in [0.1, 0.15) is 12.2 Å². The van der Waals surface area contributed by atoms with Crippen LogP contribution in [0.15, 0.2) is 4.99 Å². The predicted molar refractivity (Wildman–Crippen MR) is 167 cm³/mol. The first-order chi connectivity index (χ1) is 21.3.